The van der Waals surface area contributed by atoms with Crippen LogP contribution in [-0.4, -0.2) is 5.11 Å². The van der Waals surface area contributed by atoms with Crippen LogP contribution < -0.4 is 0 Å². The number of halogens is 2. The van der Waals surface area contributed by atoms with E-state index in [1.807, 2.05) is 25.1 Å². The van der Waals surface area contributed by atoms with E-state index in [1.54, 1.807) is 22.7 Å². The molecule has 0 bridgehead atoms. The molecule has 0 aliphatic rings. The van der Waals surface area contributed by atoms with Crippen molar-refractivity contribution in [3.05, 3.63) is 41.1 Å². The lowest BCUT2D eigenvalue weighted by molar-refractivity contribution is 0.227. The predicted octanol–water partition coefficient (Wildman–Crippen LogP) is 4.72. The van der Waals surface area contributed by atoms with Crippen molar-refractivity contribution < 1.29 is 5.11 Å². The fourth-order valence-corrected chi connectivity index (χ4v) is 4.66. The maximum atomic E-state index is 10.2. The van der Waals surface area contributed by atoms with Gasteiger partial charge in [-0.05, 0) is 57.0 Å². The van der Waals surface area contributed by atoms with Crippen LogP contribution in [-0.2, 0) is 0 Å². The Labute approximate surface area is 113 Å². The van der Waals surface area contributed by atoms with Gasteiger partial charge in [-0.25, -0.2) is 0 Å². The highest BCUT2D eigenvalue weighted by Crippen LogP contribution is 2.38. The molecule has 0 aliphatic heterocycles. The molecule has 1 N–H and O–H groups in total. The summed E-state index contributed by atoms with van der Waals surface area (Å²) in [5.74, 6) is 0. The topological polar surface area (TPSA) is 20.2 Å². The second-order valence-corrected chi connectivity index (χ2v) is 7.75. The molecule has 1 atom stereocenters. The zero-order chi connectivity index (χ0) is 11.0. The average molecular weight is 368 g/mol. The van der Waals surface area contributed by atoms with E-state index in [0.717, 1.165) is 18.0 Å². The molecular formula is C10H8Br2OS2. The van der Waals surface area contributed by atoms with Crippen molar-refractivity contribution in [1.82, 2.24) is 0 Å². The predicted molar refractivity (Wildman–Crippen MR) is 72.8 cm³/mol. The third-order valence-electron chi connectivity index (χ3n) is 1.95. The first kappa shape index (κ1) is 11.8. The Balaban J connectivity index is 2.35. The normalized spacial score (nSPS) is 13.1. The summed E-state index contributed by atoms with van der Waals surface area (Å²) in [5.41, 5.74) is 0. The molecule has 0 saturated carbocycles. The van der Waals surface area contributed by atoms with Gasteiger partial charge in [0.25, 0.3) is 0 Å². The fourth-order valence-electron chi connectivity index (χ4n) is 1.29. The molecule has 0 aliphatic carbocycles. The van der Waals surface area contributed by atoms with Gasteiger partial charge < -0.3 is 5.11 Å². The molecule has 0 aromatic carbocycles. The Morgan fingerprint density at radius 3 is 2.47 bits per heavy atom. The molecule has 2 heterocycles. The number of aliphatic hydroxyl groups is 1. The zero-order valence-electron chi connectivity index (χ0n) is 7.83. The smallest absolute Gasteiger partial charge is 0.123 e. The van der Waals surface area contributed by atoms with Crippen molar-refractivity contribution in [3.63, 3.8) is 0 Å². The van der Waals surface area contributed by atoms with Gasteiger partial charge in [-0.2, -0.15) is 0 Å². The maximum absolute atomic E-state index is 10.2. The standard InChI is InChI=1S/C10H8Br2OS2/c1-5-4-6(11)10(14-5)9(13)7-2-3-8(12)15-7/h2-4,9,13H,1H3. The molecule has 2 aromatic rings. The second kappa shape index (κ2) is 4.67. The van der Waals surface area contributed by atoms with E-state index in [0.29, 0.717) is 0 Å². The summed E-state index contributed by atoms with van der Waals surface area (Å²) in [5, 5.41) is 10.2. The summed E-state index contributed by atoms with van der Waals surface area (Å²) in [6.45, 7) is 2.04. The Morgan fingerprint density at radius 2 is 2.00 bits per heavy atom. The van der Waals surface area contributed by atoms with E-state index in [9.17, 15) is 5.11 Å². The maximum Gasteiger partial charge on any atom is 0.123 e. The quantitative estimate of drug-likeness (QED) is 0.813. The van der Waals surface area contributed by atoms with E-state index >= 15 is 0 Å². The van der Waals surface area contributed by atoms with Gasteiger partial charge in [0.2, 0.25) is 0 Å². The highest BCUT2D eigenvalue weighted by Gasteiger charge is 2.17. The van der Waals surface area contributed by atoms with Crippen LogP contribution in [0.15, 0.2) is 26.5 Å². The van der Waals surface area contributed by atoms with Crippen LogP contribution in [0.2, 0.25) is 0 Å². The van der Waals surface area contributed by atoms with Gasteiger partial charge in [0.1, 0.15) is 6.10 Å². The van der Waals surface area contributed by atoms with E-state index in [-0.39, 0.29) is 0 Å². The Kier molecular flexibility index (Phi) is 3.67. The molecule has 0 amide bonds. The third-order valence-corrected chi connectivity index (χ3v) is 5.65. The summed E-state index contributed by atoms with van der Waals surface area (Å²) < 4.78 is 2.03. The molecule has 1 unspecified atom stereocenters. The molecule has 15 heavy (non-hydrogen) atoms. The molecule has 0 spiro atoms. The van der Waals surface area contributed by atoms with Gasteiger partial charge in [0.05, 0.1) is 8.66 Å². The number of hydrogen-bond acceptors (Lipinski definition) is 3. The number of aliphatic hydroxyl groups excluding tert-OH is 1. The monoisotopic (exact) mass is 366 g/mol. The lowest BCUT2D eigenvalue weighted by Crippen LogP contribution is -1.93. The molecule has 0 fully saturated rings. The largest absolute Gasteiger partial charge is 0.382 e. The molecule has 2 aromatic heterocycles. The fraction of sp³-hybridized carbons (Fsp3) is 0.200. The molecule has 1 nitrogen and oxygen atoms in total. The zero-order valence-corrected chi connectivity index (χ0v) is 12.6. The summed E-state index contributed by atoms with van der Waals surface area (Å²) in [6.07, 6.45) is -0.519. The average Bonchev–Trinajstić information content (AvgIpc) is 2.71. The van der Waals surface area contributed by atoms with Gasteiger partial charge in [0, 0.05) is 14.2 Å². The molecule has 80 valence electrons. The van der Waals surface area contributed by atoms with Crippen molar-refractivity contribution >= 4 is 54.5 Å². The number of hydrogen-bond donors (Lipinski definition) is 1. The van der Waals surface area contributed by atoms with Crippen LogP contribution >= 0.6 is 54.5 Å². The molecule has 0 saturated heterocycles. The first-order chi connectivity index (χ1) is 7.08. The summed E-state index contributed by atoms with van der Waals surface area (Å²) in [6, 6.07) is 5.93. The third kappa shape index (κ3) is 2.53. The summed E-state index contributed by atoms with van der Waals surface area (Å²) in [4.78, 5) is 3.14. The van der Waals surface area contributed by atoms with Crippen LogP contribution in [0.5, 0.6) is 0 Å². The second-order valence-electron chi connectivity index (χ2n) is 3.11. The highest BCUT2D eigenvalue weighted by atomic mass is 79.9. The SMILES string of the molecule is Cc1cc(Br)c(C(O)c2ccc(Br)s2)s1. The summed E-state index contributed by atoms with van der Waals surface area (Å²) >= 11 is 10.0. The van der Waals surface area contributed by atoms with Crippen LogP contribution in [0, 0.1) is 6.92 Å². The van der Waals surface area contributed by atoms with E-state index < -0.39 is 6.10 Å². The van der Waals surface area contributed by atoms with Crippen LogP contribution in [0.3, 0.4) is 0 Å². The highest BCUT2D eigenvalue weighted by molar-refractivity contribution is 9.11. The number of rotatable bonds is 2. The Morgan fingerprint density at radius 1 is 1.27 bits per heavy atom. The van der Waals surface area contributed by atoms with Gasteiger partial charge in [-0.3, -0.25) is 0 Å². The van der Waals surface area contributed by atoms with Gasteiger partial charge in [0.15, 0.2) is 0 Å². The van der Waals surface area contributed by atoms with Crippen LogP contribution in [0.4, 0.5) is 0 Å². The van der Waals surface area contributed by atoms with Crippen molar-refractivity contribution in [2.45, 2.75) is 13.0 Å². The molecule has 0 radical (unpaired) electrons. The molecular weight excluding hydrogens is 360 g/mol. The number of aryl methyl sites for hydroxylation is 1. The van der Waals surface area contributed by atoms with E-state index in [2.05, 4.69) is 31.9 Å². The van der Waals surface area contributed by atoms with Crippen molar-refractivity contribution in [2.24, 2.45) is 0 Å². The van der Waals surface area contributed by atoms with Crippen molar-refractivity contribution in [1.29, 1.82) is 0 Å². The Hall–Kier alpha value is 0.320. The lowest BCUT2D eigenvalue weighted by atomic mass is 10.2. The molecule has 2 rings (SSSR count). The van der Waals surface area contributed by atoms with Gasteiger partial charge >= 0.3 is 0 Å². The Bertz CT molecular complexity index is 475. The number of thiophene rings is 2. The van der Waals surface area contributed by atoms with E-state index in [4.69, 9.17) is 0 Å². The van der Waals surface area contributed by atoms with Gasteiger partial charge in [-0.1, -0.05) is 0 Å². The lowest BCUT2D eigenvalue weighted by Gasteiger charge is -2.06. The van der Waals surface area contributed by atoms with Gasteiger partial charge in [-0.15, -0.1) is 22.7 Å². The minimum absolute atomic E-state index is 0.519. The summed E-state index contributed by atoms with van der Waals surface area (Å²) in [7, 11) is 0. The minimum atomic E-state index is -0.519. The van der Waals surface area contributed by atoms with E-state index in [1.165, 1.54) is 4.88 Å². The van der Waals surface area contributed by atoms with Crippen molar-refractivity contribution in [2.75, 3.05) is 0 Å². The minimum Gasteiger partial charge on any atom is -0.382 e. The first-order valence-corrected chi connectivity index (χ1v) is 7.49. The van der Waals surface area contributed by atoms with Crippen LogP contribution in [0.1, 0.15) is 20.7 Å². The molecule has 5 heteroatoms. The van der Waals surface area contributed by atoms with Crippen LogP contribution in [0.25, 0.3) is 0 Å². The first-order valence-electron chi connectivity index (χ1n) is 4.27. The van der Waals surface area contributed by atoms with Crippen molar-refractivity contribution in [3.8, 4) is 0 Å².